The van der Waals surface area contributed by atoms with Crippen molar-refractivity contribution >= 4 is 39.3 Å². The van der Waals surface area contributed by atoms with E-state index in [1.165, 1.54) is 17.7 Å². The van der Waals surface area contributed by atoms with Gasteiger partial charge in [-0.15, -0.1) is 11.3 Å². The van der Waals surface area contributed by atoms with Gasteiger partial charge in [0.2, 0.25) is 5.91 Å². The summed E-state index contributed by atoms with van der Waals surface area (Å²) in [6.45, 7) is 3.32. The van der Waals surface area contributed by atoms with Gasteiger partial charge in [-0.2, -0.15) is 4.98 Å². The van der Waals surface area contributed by atoms with Crippen LogP contribution >= 0.6 is 11.3 Å². The number of carbonyl (C=O) groups is 1. The summed E-state index contributed by atoms with van der Waals surface area (Å²) in [6, 6.07) is 0. The molecule has 1 amide bonds. The molecule has 1 fully saturated rings. The molecule has 1 aliphatic rings. The summed E-state index contributed by atoms with van der Waals surface area (Å²) in [4.78, 5) is 27.2. The monoisotopic (exact) mass is 344 g/mol. The van der Waals surface area contributed by atoms with E-state index in [0.29, 0.717) is 17.4 Å². The van der Waals surface area contributed by atoms with Crippen LogP contribution in [0.1, 0.15) is 18.5 Å². The number of aromatic nitrogens is 4. The zero-order valence-corrected chi connectivity index (χ0v) is 13.9. The third kappa shape index (κ3) is 2.71. The van der Waals surface area contributed by atoms with Crippen LogP contribution in [-0.4, -0.2) is 39.1 Å². The number of nitrogens with zero attached hydrogens (tertiary/aromatic N) is 5. The molecule has 3 aromatic heterocycles. The van der Waals surface area contributed by atoms with Gasteiger partial charge < -0.3 is 14.7 Å². The van der Waals surface area contributed by atoms with Crippen molar-refractivity contribution in [2.75, 3.05) is 23.3 Å². The second-order valence-electron chi connectivity index (χ2n) is 5.76. The molecule has 1 N–H and O–H groups in total. The molecule has 0 radical (unpaired) electrons. The Hall–Kier alpha value is -2.55. The van der Waals surface area contributed by atoms with Gasteiger partial charge in [0.05, 0.1) is 11.6 Å². The molecule has 4 heterocycles. The van der Waals surface area contributed by atoms with Crippen molar-refractivity contribution in [1.82, 2.24) is 20.1 Å². The largest absolute Gasteiger partial charge is 0.355 e. The van der Waals surface area contributed by atoms with Gasteiger partial charge in [-0.1, -0.05) is 5.16 Å². The number of anilines is 2. The van der Waals surface area contributed by atoms with Gasteiger partial charge in [0.1, 0.15) is 17.5 Å². The number of nitrogens with one attached hydrogen (secondary N) is 1. The Kier molecular flexibility index (Phi) is 3.85. The molecule has 0 aromatic carbocycles. The van der Waals surface area contributed by atoms with Gasteiger partial charge in [-0.3, -0.25) is 4.79 Å². The first kappa shape index (κ1) is 15.0. The molecular weight excluding hydrogens is 328 g/mol. The second-order valence-corrected chi connectivity index (χ2v) is 6.65. The standard InChI is InChI=1S/C15H16N6O2S/c1-9-11-12(17-8-18-14(11)23-20-9)21-5-2-3-10(7-21)13(22)19-15-16-4-6-24-15/h4,6,8,10H,2-3,5,7H2,1H3,(H,16,19,22). The number of fused-ring (bicyclic) bond motifs is 1. The van der Waals surface area contributed by atoms with Gasteiger partial charge in [0, 0.05) is 24.7 Å². The molecule has 0 aliphatic carbocycles. The van der Waals surface area contributed by atoms with Crippen molar-refractivity contribution in [3.05, 3.63) is 23.6 Å². The fourth-order valence-corrected chi connectivity index (χ4v) is 3.55. The Labute approximate surface area is 141 Å². The minimum absolute atomic E-state index is 0.00184. The fraction of sp³-hybridized carbons (Fsp3) is 0.400. The summed E-state index contributed by atoms with van der Waals surface area (Å²) in [5.74, 6) is 0.681. The van der Waals surface area contributed by atoms with Crippen LogP contribution in [0.2, 0.25) is 0 Å². The first-order valence-corrected chi connectivity index (χ1v) is 8.62. The maximum atomic E-state index is 12.5. The molecule has 1 saturated heterocycles. The average Bonchev–Trinajstić information content (AvgIpc) is 3.25. The molecule has 1 aliphatic heterocycles. The van der Waals surface area contributed by atoms with Crippen molar-refractivity contribution in [2.45, 2.75) is 19.8 Å². The molecule has 4 rings (SSSR count). The Morgan fingerprint density at radius 3 is 3.17 bits per heavy atom. The van der Waals surface area contributed by atoms with E-state index in [9.17, 15) is 4.79 Å². The van der Waals surface area contributed by atoms with Gasteiger partial charge in [-0.25, -0.2) is 9.97 Å². The number of carbonyl (C=O) groups excluding carboxylic acids is 1. The normalized spacial score (nSPS) is 18.0. The predicted octanol–water partition coefficient (Wildman–Crippen LogP) is 2.24. The molecule has 1 unspecified atom stereocenters. The fourth-order valence-electron chi connectivity index (χ4n) is 3.02. The van der Waals surface area contributed by atoms with E-state index in [2.05, 4.69) is 30.3 Å². The zero-order chi connectivity index (χ0) is 16.5. The minimum atomic E-state index is -0.104. The van der Waals surface area contributed by atoms with Crippen molar-refractivity contribution in [3.63, 3.8) is 0 Å². The summed E-state index contributed by atoms with van der Waals surface area (Å²) in [5, 5.41) is 10.1. The summed E-state index contributed by atoms with van der Waals surface area (Å²) in [7, 11) is 0. The van der Waals surface area contributed by atoms with Crippen LogP contribution in [0.3, 0.4) is 0 Å². The maximum absolute atomic E-state index is 12.5. The number of hydrogen-bond donors (Lipinski definition) is 1. The van der Waals surface area contributed by atoms with Gasteiger partial charge in [-0.05, 0) is 19.8 Å². The topological polar surface area (TPSA) is 97.0 Å². The SMILES string of the molecule is Cc1noc2ncnc(N3CCCC(C(=O)Nc4nccs4)C3)c12. The van der Waals surface area contributed by atoms with E-state index in [0.717, 1.165) is 36.3 Å². The third-order valence-electron chi connectivity index (χ3n) is 4.18. The first-order valence-electron chi connectivity index (χ1n) is 7.74. The smallest absolute Gasteiger partial charge is 0.263 e. The number of piperidine rings is 1. The zero-order valence-electron chi connectivity index (χ0n) is 13.1. The van der Waals surface area contributed by atoms with E-state index in [1.54, 1.807) is 6.20 Å². The number of rotatable bonds is 3. The molecule has 124 valence electrons. The highest BCUT2D eigenvalue weighted by Crippen LogP contribution is 2.29. The molecule has 24 heavy (non-hydrogen) atoms. The van der Waals surface area contributed by atoms with Crippen LogP contribution < -0.4 is 10.2 Å². The first-order chi connectivity index (χ1) is 11.7. The summed E-state index contributed by atoms with van der Waals surface area (Å²) >= 11 is 1.42. The lowest BCUT2D eigenvalue weighted by molar-refractivity contribution is -0.120. The molecular formula is C15H16N6O2S. The van der Waals surface area contributed by atoms with E-state index < -0.39 is 0 Å². The summed E-state index contributed by atoms with van der Waals surface area (Å²) in [6.07, 6.45) is 4.93. The minimum Gasteiger partial charge on any atom is -0.355 e. The van der Waals surface area contributed by atoms with Gasteiger partial charge in [0.25, 0.3) is 5.71 Å². The Balaban J connectivity index is 1.56. The van der Waals surface area contributed by atoms with Crippen LogP contribution in [0.5, 0.6) is 0 Å². The molecule has 8 nitrogen and oxygen atoms in total. The van der Waals surface area contributed by atoms with Crippen LogP contribution in [-0.2, 0) is 4.79 Å². The Morgan fingerprint density at radius 1 is 1.42 bits per heavy atom. The van der Waals surface area contributed by atoms with E-state index >= 15 is 0 Å². The molecule has 0 spiro atoms. The van der Waals surface area contributed by atoms with Crippen molar-refractivity contribution < 1.29 is 9.32 Å². The number of amides is 1. The summed E-state index contributed by atoms with van der Waals surface area (Å²) < 4.78 is 5.21. The lowest BCUT2D eigenvalue weighted by atomic mass is 9.97. The van der Waals surface area contributed by atoms with Gasteiger partial charge >= 0.3 is 0 Å². The predicted molar refractivity (Wildman–Crippen MR) is 90.0 cm³/mol. The maximum Gasteiger partial charge on any atom is 0.263 e. The highest BCUT2D eigenvalue weighted by atomic mass is 32.1. The molecule has 1 atom stereocenters. The van der Waals surface area contributed by atoms with Gasteiger partial charge in [0.15, 0.2) is 5.13 Å². The third-order valence-corrected chi connectivity index (χ3v) is 4.87. The molecule has 0 saturated carbocycles. The highest BCUT2D eigenvalue weighted by Gasteiger charge is 2.29. The van der Waals surface area contributed by atoms with Crippen LogP contribution in [0.25, 0.3) is 11.1 Å². The highest BCUT2D eigenvalue weighted by molar-refractivity contribution is 7.13. The van der Waals surface area contributed by atoms with Crippen molar-refractivity contribution in [1.29, 1.82) is 0 Å². The number of aryl methyl sites for hydroxylation is 1. The average molecular weight is 344 g/mol. The molecule has 9 heteroatoms. The van der Waals surface area contributed by atoms with Crippen LogP contribution in [0.15, 0.2) is 22.4 Å². The van der Waals surface area contributed by atoms with E-state index in [1.807, 2.05) is 12.3 Å². The molecule has 0 bridgehead atoms. The van der Waals surface area contributed by atoms with Crippen LogP contribution in [0, 0.1) is 12.8 Å². The van der Waals surface area contributed by atoms with Crippen LogP contribution in [0.4, 0.5) is 10.9 Å². The van der Waals surface area contributed by atoms with Crippen molar-refractivity contribution in [2.24, 2.45) is 5.92 Å². The van der Waals surface area contributed by atoms with Crippen molar-refractivity contribution in [3.8, 4) is 0 Å². The summed E-state index contributed by atoms with van der Waals surface area (Å²) in [5.41, 5.74) is 1.24. The lowest BCUT2D eigenvalue weighted by Crippen LogP contribution is -2.41. The van der Waals surface area contributed by atoms with E-state index in [4.69, 9.17) is 4.52 Å². The molecule has 3 aromatic rings. The van der Waals surface area contributed by atoms with E-state index in [-0.39, 0.29) is 11.8 Å². The Morgan fingerprint density at radius 2 is 2.33 bits per heavy atom. The Bertz CT molecular complexity index is 862. The quantitative estimate of drug-likeness (QED) is 0.778. The lowest BCUT2D eigenvalue weighted by Gasteiger charge is -2.32. The number of thiazole rings is 1. The second kappa shape index (κ2) is 6.16. The number of hydrogen-bond acceptors (Lipinski definition) is 8.